The maximum absolute atomic E-state index is 12.3. The second-order valence-corrected chi connectivity index (χ2v) is 8.71. The van der Waals surface area contributed by atoms with Crippen molar-refractivity contribution in [3.63, 3.8) is 0 Å². The topological polar surface area (TPSA) is 122 Å². The van der Waals surface area contributed by atoms with Crippen molar-refractivity contribution in [3.05, 3.63) is 41.6 Å². The van der Waals surface area contributed by atoms with Gasteiger partial charge in [0.2, 0.25) is 5.95 Å². The van der Waals surface area contributed by atoms with E-state index in [2.05, 4.69) is 30.1 Å². The van der Waals surface area contributed by atoms with Crippen molar-refractivity contribution >= 4 is 46.0 Å². The van der Waals surface area contributed by atoms with Crippen molar-refractivity contribution in [2.24, 2.45) is 0 Å². The molecule has 0 unspecified atom stereocenters. The number of piperazine rings is 1. The van der Waals surface area contributed by atoms with Crippen molar-refractivity contribution < 1.29 is 14.3 Å². The number of carbonyl (C=O) groups excluding carboxylic acids is 2. The van der Waals surface area contributed by atoms with Crippen LogP contribution in [-0.4, -0.2) is 88.4 Å². The lowest BCUT2D eigenvalue weighted by Gasteiger charge is -2.37. The number of rotatable bonds is 6. The molecule has 12 heteroatoms. The minimum Gasteiger partial charge on any atom is -0.462 e. The maximum atomic E-state index is 12.3. The summed E-state index contributed by atoms with van der Waals surface area (Å²) in [5.74, 6) is 0.719. The van der Waals surface area contributed by atoms with Crippen LogP contribution >= 0.6 is 0 Å². The van der Waals surface area contributed by atoms with E-state index in [1.54, 1.807) is 13.8 Å². The Hall–Kier alpha value is -4.35. The summed E-state index contributed by atoms with van der Waals surface area (Å²) in [5.41, 5.74) is 3.27. The Balaban J connectivity index is 1.48. The molecule has 1 fully saturated rings. The maximum Gasteiger partial charge on any atom is 0.343 e. The molecule has 1 aliphatic rings. The van der Waals surface area contributed by atoms with Gasteiger partial charge in [-0.15, -0.1) is 10.2 Å². The Bertz CT molecular complexity index is 1440. The number of nitrogens with zero attached hydrogens (tertiary/aromatic N) is 9. The number of hydrogen-bond acceptors (Lipinski definition) is 11. The van der Waals surface area contributed by atoms with Crippen molar-refractivity contribution in [2.45, 2.75) is 13.8 Å². The molecule has 1 aliphatic heterocycles. The average molecular weight is 490 g/mol. The average Bonchev–Trinajstić information content (AvgIpc) is 3.33. The summed E-state index contributed by atoms with van der Waals surface area (Å²) in [6.45, 7) is 6.52. The lowest BCUT2D eigenvalue weighted by molar-refractivity contribution is 0.0528. The van der Waals surface area contributed by atoms with Crippen LogP contribution in [0.3, 0.4) is 0 Å². The van der Waals surface area contributed by atoms with Crippen LogP contribution in [0.15, 0.2) is 30.5 Å². The van der Waals surface area contributed by atoms with E-state index in [0.717, 1.165) is 18.8 Å². The van der Waals surface area contributed by atoms with Gasteiger partial charge in [-0.3, -0.25) is 4.79 Å². The molecule has 36 heavy (non-hydrogen) atoms. The third-order valence-electron chi connectivity index (χ3n) is 6.14. The van der Waals surface area contributed by atoms with Crippen LogP contribution in [0, 0.1) is 0 Å². The summed E-state index contributed by atoms with van der Waals surface area (Å²) in [6, 6.07) is 7.69. The van der Waals surface area contributed by atoms with Gasteiger partial charge in [0.25, 0.3) is 0 Å². The molecule has 0 bridgehead atoms. The van der Waals surface area contributed by atoms with Crippen molar-refractivity contribution in [1.82, 2.24) is 29.8 Å². The van der Waals surface area contributed by atoms with Gasteiger partial charge in [-0.05, 0) is 38.1 Å². The summed E-state index contributed by atoms with van der Waals surface area (Å²) in [5, 5.41) is 13.1. The zero-order chi connectivity index (χ0) is 25.4. The number of carbonyl (C=O) groups is 2. The van der Waals surface area contributed by atoms with Gasteiger partial charge < -0.3 is 19.4 Å². The van der Waals surface area contributed by atoms with Gasteiger partial charge >= 0.3 is 5.97 Å². The molecule has 5 rings (SSSR count). The number of aromatic nitrogens is 6. The van der Waals surface area contributed by atoms with E-state index < -0.39 is 5.97 Å². The molecule has 4 heterocycles. The van der Waals surface area contributed by atoms with E-state index in [9.17, 15) is 9.59 Å². The zero-order valence-electron chi connectivity index (χ0n) is 20.7. The summed E-state index contributed by atoms with van der Waals surface area (Å²) in [6.07, 6.45) is 1.43. The van der Waals surface area contributed by atoms with Gasteiger partial charge in [0.1, 0.15) is 5.56 Å². The quantitative estimate of drug-likeness (QED) is 0.291. The third kappa shape index (κ3) is 4.14. The first-order valence-electron chi connectivity index (χ1n) is 11.7. The van der Waals surface area contributed by atoms with E-state index in [1.165, 1.54) is 10.7 Å². The Morgan fingerprint density at radius 2 is 1.67 bits per heavy atom. The molecule has 1 saturated heterocycles. The normalized spacial score (nSPS) is 13.9. The number of benzene rings is 1. The predicted octanol–water partition coefficient (Wildman–Crippen LogP) is 1.84. The fourth-order valence-corrected chi connectivity index (χ4v) is 4.20. The molecule has 0 N–H and O–H groups in total. The number of ketones is 1. The second kappa shape index (κ2) is 9.36. The molecule has 1 aromatic carbocycles. The molecular formula is C24H27N9O3. The SMILES string of the molecule is CCOC(=O)c1cnn2c1nnc1c(N3CCN(c4ccc(C(C)=O)cc4)CC3)nc(N(C)C)nc12. The van der Waals surface area contributed by atoms with E-state index in [1.807, 2.05) is 43.3 Å². The number of esters is 1. The molecule has 0 atom stereocenters. The molecule has 0 spiro atoms. The van der Waals surface area contributed by atoms with Gasteiger partial charge in [-0.1, -0.05) is 0 Å². The molecule has 0 saturated carbocycles. The summed E-state index contributed by atoms with van der Waals surface area (Å²) in [7, 11) is 3.74. The van der Waals surface area contributed by atoms with Crippen LogP contribution in [0.2, 0.25) is 0 Å². The number of hydrogen-bond donors (Lipinski definition) is 0. The number of ether oxygens (including phenoxy) is 1. The Morgan fingerprint density at radius 3 is 2.31 bits per heavy atom. The number of Topliss-reactive ketones (excluding diaryl/α,β-unsaturated/α-hetero) is 1. The molecule has 186 valence electrons. The predicted molar refractivity (Wildman–Crippen MR) is 135 cm³/mol. The fraction of sp³-hybridized carbons (Fsp3) is 0.375. The van der Waals surface area contributed by atoms with E-state index in [-0.39, 0.29) is 23.6 Å². The van der Waals surface area contributed by atoms with Gasteiger partial charge in [-0.2, -0.15) is 19.6 Å². The Morgan fingerprint density at radius 1 is 0.972 bits per heavy atom. The largest absolute Gasteiger partial charge is 0.462 e. The highest BCUT2D eigenvalue weighted by Crippen LogP contribution is 2.27. The van der Waals surface area contributed by atoms with Crippen molar-refractivity contribution in [2.75, 3.05) is 61.6 Å². The van der Waals surface area contributed by atoms with E-state index in [0.29, 0.717) is 41.6 Å². The van der Waals surface area contributed by atoms with Crippen molar-refractivity contribution in [1.29, 1.82) is 0 Å². The highest BCUT2D eigenvalue weighted by Gasteiger charge is 2.25. The molecule has 4 aromatic rings. The summed E-state index contributed by atoms with van der Waals surface area (Å²) in [4.78, 5) is 39.6. The molecule has 3 aromatic heterocycles. The lowest BCUT2D eigenvalue weighted by Crippen LogP contribution is -2.47. The van der Waals surface area contributed by atoms with Crippen LogP contribution in [0.4, 0.5) is 17.5 Å². The van der Waals surface area contributed by atoms with Gasteiger partial charge in [0, 0.05) is 51.5 Å². The fourth-order valence-electron chi connectivity index (χ4n) is 4.20. The Kier molecular flexibility index (Phi) is 6.08. The van der Waals surface area contributed by atoms with Gasteiger partial charge in [-0.25, -0.2) is 4.79 Å². The number of fused-ring (bicyclic) bond motifs is 3. The molecule has 0 radical (unpaired) electrons. The van der Waals surface area contributed by atoms with Gasteiger partial charge in [0.15, 0.2) is 28.4 Å². The summed E-state index contributed by atoms with van der Waals surface area (Å²) >= 11 is 0. The van der Waals surface area contributed by atoms with Crippen LogP contribution in [0.1, 0.15) is 34.6 Å². The van der Waals surface area contributed by atoms with Crippen LogP contribution in [0.25, 0.3) is 16.8 Å². The van der Waals surface area contributed by atoms with E-state index >= 15 is 0 Å². The van der Waals surface area contributed by atoms with Crippen molar-refractivity contribution in [3.8, 4) is 0 Å². The molecule has 0 amide bonds. The monoisotopic (exact) mass is 489 g/mol. The molecular weight excluding hydrogens is 462 g/mol. The lowest BCUT2D eigenvalue weighted by atomic mass is 10.1. The smallest absolute Gasteiger partial charge is 0.343 e. The van der Waals surface area contributed by atoms with Crippen LogP contribution in [0.5, 0.6) is 0 Å². The van der Waals surface area contributed by atoms with Crippen LogP contribution < -0.4 is 14.7 Å². The second-order valence-electron chi connectivity index (χ2n) is 8.71. The molecule has 0 aliphatic carbocycles. The first kappa shape index (κ1) is 23.4. The highest BCUT2D eigenvalue weighted by atomic mass is 16.5. The Labute approximate surface area is 207 Å². The van der Waals surface area contributed by atoms with Gasteiger partial charge in [0.05, 0.1) is 12.8 Å². The third-order valence-corrected chi connectivity index (χ3v) is 6.14. The van der Waals surface area contributed by atoms with E-state index in [4.69, 9.17) is 9.72 Å². The van der Waals surface area contributed by atoms with Crippen LogP contribution in [-0.2, 0) is 4.74 Å². The number of anilines is 3. The standard InChI is InChI=1S/C24H27N9O3/c1-5-36-23(35)18-14-25-33-20(18)29-28-19-21(26-24(30(3)4)27-22(19)33)32-12-10-31(11-13-32)17-8-6-16(7-9-17)15(2)34/h6-9,14H,5,10-13H2,1-4H3. The highest BCUT2D eigenvalue weighted by molar-refractivity contribution is 5.97. The first-order chi connectivity index (χ1) is 17.4. The zero-order valence-corrected chi connectivity index (χ0v) is 20.7. The first-order valence-corrected chi connectivity index (χ1v) is 11.7. The minimum atomic E-state index is -0.504. The minimum absolute atomic E-state index is 0.0560. The summed E-state index contributed by atoms with van der Waals surface area (Å²) < 4.78 is 6.63. The molecule has 12 nitrogen and oxygen atoms in total.